The Kier molecular flexibility index (Phi) is 2.97. The lowest BCUT2D eigenvalue weighted by Crippen LogP contribution is -2.49. The van der Waals surface area contributed by atoms with Gasteiger partial charge in [-0.25, -0.2) is 0 Å². The molecule has 0 bridgehead atoms. The van der Waals surface area contributed by atoms with Crippen molar-refractivity contribution < 1.29 is 9.53 Å². The quantitative estimate of drug-likeness (QED) is 0.783. The second-order valence-corrected chi connectivity index (χ2v) is 4.48. The van der Waals surface area contributed by atoms with Crippen molar-refractivity contribution >= 4 is 5.97 Å². The van der Waals surface area contributed by atoms with Crippen molar-refractivity contribution in [2.24, 2.45) is 11.7 Å². The van der Waals surface area contributed by atoms with Gasteiger partial charge in [-0.2, -0.15) is 0 Å². The molecule has 1 fully saturated rings. The molecular weight excluding hydrogens is 202 g/mol. The summed E-state index contributed by atoms with van der Waals surface area (Å²) in [5.74, 6) is -0.0891. The monoisotopic (exact) mass is 219 g/mol. The average molecular weight is 219 g/mol. The summed E-state index contributed by atoms with van der Waals surface area (Å²) in [7, 11) is 1.44. The lowest BCUT2D eigenvalue weighted by atomic mass is 9.58. The summed E-state index contributed by atoms with van der Waals surface area (Å²) in [6.07, 6.45) is 1.61. The number of esters is 1. The van der Waals surface area contributed by atoms with Crippen LogP contribution in [0.1, 0.15) is 18.4 Å². The predicted octanol–water partition coefficient (Wildman–Crippen LogP) is 1.47. The fraction of sp³-hybridized carbons (Fsp3) is 0.462. The molecule has 2 N–H and O–H groups in total. The van der Waals surface area contributed by atoms with E-state index in [9.17, 15) is 4.79 Å². The second-order valence-electron chi connectivity index (χ2n) is 4.48. The molecule has 0 spiro atoms. The Bertz CT molecular complexity index is 369. The number of hydrogen-bond acceptors (Lipinski definition) is 3. The van der Waals surface area contributed by atoms with Crippen LogP contribution >= 0.6 is 0 Å². The van der Waals surface area contributed by atoms with Crippen LogP contribution in [0.15, 0.2) is 30.3 Å². The van der Waals surface area contributed by atoms with E-state index < -0.39 is 0 Å². The zero-order valence-corrected chi connectivity index (χ0v) is 9.48. The normalized spacial score (nSPS) is 28.2. The van der Waals surface area contributed by atoms with Gasteiger partial charge in [-0.15, -0.1) is 0 Å². The minimum atomic E-state index is -0.111. The molecule has 0 atom stereocenters. The molecule has 0 aromatic heterocycles. The highest BCUT2D eigenvalue weighted by Crippen LogP contribution is 2.47. The zero-order chi connectivity index (χ0) is 11.6. The van der Waals surface area contributed by atoms with Gasteiger partial charge in [-0.3, -0.25) is 4.79 Å². The van der Waals surface area contributed by atoms with Crippen molar-refractivity contribution in [2.75, 3.05) is 13.7 Å². The molecule has 0 aliphatic heterocycles. The molecule has 3 nitrogen and oxygen atoms in total. The van der Waals surface area contributed by atoms with Crippen molar-refractivity contribution in [1.29, 1.82) is 0 Å². The Balaban J connectivity index is 2.12. The highest BCUT2D eigenvalue weighted by molar-refractivity contribution is 5.74. The largest absolute Gasteiger partial charge is 0.469 e. The van der Waals surface area contributed by atoms with E-state index >= 15 is 0 Å². The van der Waals surface area contributed by atoms with Crippen LogP contribution in [0.4, 0.5) is 0 Å². The molecule has 1 aliphatic rings. The third kappa shape index (κ3) is 1.71. The first kappa shape index (κ1) is 11.1. The molecule has 0 radical (unpaired) electrons. The molecular formula is C13H17NO2. The summed E-state index contributed by atoms with van der Waals surface area (Å²) in [5.41, 5.74) is 7.07. The van der Waals surface area contributed by atoms with Crippen LogP contribution in [0.3, 0.4) is 0 Å². The number of ether oxygens (including phenoxy) is 1. The third-order valence-electron chi connectivity index (χ3n) is 3.59. The van der Waals surface area contributed by atoms with Crippen LogP contribution in [-0.4, -0.2) is 19.6 Å². The first-order chi connectivity index (χ1) is 7.72. The van der Waals surface area contributed by atoms with Crippen molar-refractivity contribution in [3.63, 3.8) is 0 Å². The molecule has 0 amide bonds. The molecule has 1 aliphatic carbocycles. The number of carbonyl (C=O) groups excluding carboxylic acids is 1. The maximum Gasteiger partial charge on any atom is 0.308 e. The van der Waals surface area contributed by atoms with Crippen molar-refractivity contribution in [3.8, 4) is 0 Å². The van der Waals surface area contributed by atoms with E-state index in [0.717, 1.165) is 12.8 Å². The summed E-state index contributed by atoms with van der Waals surface area (Å²) in [5, 5.41) is 0. The summed E-state index contributed by atoms with van der Waals surface area (Å²) in [4.78, 5) is 11.4. The van der Waals surface area contributed by atoms with Crippen LogP contribution in [0.2, 0.25) is 0 Å². The maximum absolute atomic E-state index is 11.4. The highest BCUT2D eigenvalue weighted by atomic mass is 16.5. The topological polar surface area (TPSA) is 52.3 Å². The number of benzene rings is 1. The van der Waals surface area contributed by atoms with Crippen molar-refractivity contribution in [2.45, 2.75) is 18.3 Å². The summed E-state index contributed by atoms with van der Waals surface area (Å²) >= 11 is 0. The van der Waals surface area contributed by atoms with Crippen LogP contribution in [0.5, 0.6) is 0 Å². The van der Waals surface area contributed by atoms with E-state index in [2.05, 4.69) is 12.1 Å². The van der Waals surface area contributed by atoms with Gasteiger partial charge in [0.25, 0.3) is 0 Å². The van der Waals surface area contributed by atoms with Crippen LogP contribution in [0, 0.1) is 5.92 Å². The number of hydrogen-bond donors (Lipinski definition) is 1. The first-order valence-electron chi connectivity index (χ1n) is 5.55. The SMILES string of the molecule is COC(=O)C1CC(CN)(c2ccccc2)C1. The molecule has 1 aromatic rings. The Hall–Kier alpha value is -1.35. The van der Waals surface area contributed by atoms with E-state index in [-0.39, 0.29) is 17.3 Å². The molecule has 0 heterocycles. The average Bonchev–Trinajstić information content (AvgIpc) is 2.29. The van der Waals surface area contributed by atoms with Gasteiger partial charge in [0.05, 0.1) is 13.0 Å². The number of rotatable bonds is 3. The van der Waals surface area contributed by atoms with Crippen molar-refractivity contribution in [1.82, 2.24) is 0 Å². The standard InChI is InChI=1S/C13H17NO2/c1-16-12(15)10-7-13(8-10,9-14)11-5-3-2-4-6-11/h2-6,10H,7-9,14H2,1H3. The molecule has 16 heavy (non-hydrogen) atoms. The molecule has 1 aromatic carbocycles. The number of methoxy groups -OCH3 is 1. The third-order valence-corrected chi connectivity index (χ3v) is 3.59. The highest BCUT2D eigenvalue weighted by Gasteiger charge is 2.47. The van der Waals surface area contributed by atoms with E-state index in [4.69, 9.17) is 10.5 Å². The second kappa shape index (κ2) is 4.26. The van der Waals surface area contributed by atoms with Gasteiger partial charge in [0.1, 0.15) is 0 Å². The molecule has 3 heteroatoms. The minimum Gasteiger partial charge on any atom is -0.469 e. The van der Waals surface area contributed by atoms with Gasteiger partial charge >= 0.3 is 5.97 Å². The zero-order valence-electron chi connectivity index (χ0n) is 9.48. The van der Waals surface area contributed by atoms with Gasteiger partial charge in [0.2, 0.25) is 0 Å². The summed E-state index contributed by atoms with van der Waals surface area (Å²) < 4.78 is 4.75. The first-order valence-corrected chi connectivity index (χ1v) is 5.55. The van der Waals surface area contributed by atoms with E-state index in [1.54, 1.807) is 0 Å². The van der Waals surface area contributed by atoms with E-state index in [1.807, 2.05) is 18.2 Å². The molecule has 1 saturated carbocycles. The van der Waals surface area contributed by atoms with Gasteiger partial charge in [-0.05, 0) is 18.4 Å². The molecule has 0 unspecified atom stereocenters. The van der Waals surface area contributed by atoms with Gasteiger partial charge in [-0.1, -0.05) is 30.3 Å². The van der Waals surface area contributed by atoms with E-state index in [0.29, 0.717) is 6.54 Å². The summed E-state index contributed by atoms with van der Waals surface area (Å²) in [6.45, 7) is 0.588. The molecule has 86 valence electrons. The Morgan fingerprint density at radius 2 is 2.06 bits per heavy atom. The van der Waals surface area contributed by atoms with Crippen LogP contribution in [-0.2, 0) is 14.9 Å². The Morgan fingerprint density at radius 1 is 1.44 bits per heavy atom. The minimum absolute atomic E-state index is 0.0138. The van der Waals surface area contributed by atoms with Crippen LogP contribution < -0.4 is 5.73 Å². The smallest absolute Gasteiger partial charge is 0.308 e. The number of carbonyl (C=O) groups is 1. The fourth-order valence-electron chi connectivity index (χ4n) is 2.53. The van der Waals surface area contributed by atoms with Gasteiger partial charge in [0, 0.05) is 12.0 Å². The Labute approximate surface area is 95.6 Å². The van der Waals surface area contributed by atoms with Gasteiger partial charge in [0.15, 0.2) is 0 Å². The van der Waals surface area contributed by atoms with Gasteiger partial charge < -0.3 is 10.5 Å². The van der Waals surface area contributed by atoms with Crippen LogP contribution in [0.25, 0.3) is 0 Å². The Morgan fingerprint density at radius 3 is 2.56 bits per heavy atom. The lowest BCUT2D eigenvalue weighted by molar-refractivity contribution is -0.151. The molecule has 0 saturated heterocycles. The maximum atomic E-state index is 11.4. The number of nitrogens with two attached hydrogens (primary N) is 1. The van der Waals surface area contributed by atoms with E-state index in [1.165, 1.54) is 12.7 Å². The van der Waals surface area contributed by atoms with Crippen molar-refractivity contribution in [3.05, 3.63) is 35.9 Å². The fourth-order valence-corrected chi connectivity index (χ4v) is 2.53. The lowest BCUT2D eigenvalue weighted by Gasteiger charge is -2.46. The predicted molar refractivity (Wildman–Crippen MR) is 61.9 cm³/mol. The summed E-state index contributed by atoms with van der Waals surface area (Å²) in [6, 6.07) is 10.2. The molecule has 2 rings (SSSR count).